The van der Waals surface area contributed by atoms with Gasteiger partial charge >= 0.3 is 0 Å². The molecule has 0 radical (unpaired) electrons. The maximum absolute atomic E-state index is 9.63. The molecule has 70 valence electrons. The average molecular weight is 172 g/mol. The standard InChI is InChI=1S/C9H16O3/c1-3-11-7(2)9(10)8-5-4-6-12-8/h5,7,9-10H,3-4,6H2,1-2H3. The fourth-order valence-corrected chi connectivity index (χ4v) is 1.23. The Morgan fingerprint density at radius 3 is 3.00 bits per heavy atom. The summed E-state index contributed by atoms with van der Waals surface area (Å²) < 4.78 is 10.5. The van der Waals surface area contributed by atoms with E-state index < -0.39 is 6.10 Å². The van der Waals surface area contributed by atoms with Crippen molar-refractivity contribution in [3.63, 3.8) is 0 Å². The van der Waals surface area contributed by atoms with E-state index >= 15 is 0 Å². The zero-order valence-electron chi connectivity index (χ0n) is 7.62. The summed E-state index contributed by atoms with van der Waals surface area (Å²) in [6.45, 7) is 5.06. The lowest BCUT2D eigenvalue weighted by molar-refractivity contribution is -0.0261. The van der Waals surface area contributed by atoms with Crippen molar-refractivity contribution in [3.05, 3.63) is 11.8 Å². The summed E-state index contributed by atoms with van der Waals surface area (Å²) in [5.74, 6) is 0.663. The topological polar surface area (TPSA) is 38.7 Å². The molecular weight excluding hydrogens is 156 g/mol. The highest BCUT2D eigenvalue weighted by Gasteiger charge is 2.22. The highest BCUT2D eigenvalue weighted by atomic mass is 16.5. The van der Waals surface area contributed by atoms with E-state index in [0.29, 0.717) is 19.0 Å². The van der Waals surface area contributed by atoms with E-state index in [1.807, 2.05) is 19.9 Å². The van der Waals surface area contributed by atoms with Crippen LogP contribution in [0.3, 0.4) is 0 Å². The van der Waals surface area contributed by atoms with E-state index in [1.54, 1.807) is 0 Å². The van der Waals surface area contributed by atoms with Crippen LogP contribution in [0.2, 0.25) is 0 Å². The Morgan fingerprint density at radius 2 is 2.50 bits per heavy atom. The van der Waals surface area contributed by atoms with Gasteiger partial charge in [0.15, 0.2) is 0 Å². The molecule has 2 atom stereocenters. The third kappa shape index (κ3) is 2.22. The molecular formula is C9H16O3. The number of hydrogen-bond acceptors (Lipinski definition) is 3. The molecule has 1 aliphatic heterocycles. The molecule has 1 rings (SSSR count). The molecule has 0 bridgehead atoms. The monoisotopic (exact) mass is 172 g/mol. The van der Waals surface area contributed by atoms with Gasteiger partial charge in [-0.3, -0.25) is 0 Å². The van der Waals surface area contributed by atoms with E-state index in [2.05, 4.69) is 0 Å². The van der Waals surface area contributed by atoms with Gasteiger partial charge in [-0.15, -0.1) is 0 Å². The smallest absolute Gasteiger partial charge is 0.136 e. The maximum atomic E-state index is 9.63. The van der Waals surface area contributed by atoms with Crippen LogP contribution in [0.4, 0.5) is 0 Å². The van der Waals surface area contributed by atoms with Crippen molar-refractivity contribution in [3.8, 4) is 0 Å². The van der Waals surface area contributed by atoms with Gasteiger partial charge in [0.25, 0.3) is 0 Å². The minimum atomic E-state index is -0.604. The average Bonchev–Trinajstić information content (AvgIpc) is 2.55. The molecule has 0 saturated heterocycles. The Labute approximate surface area is 73.0 Å². The summed E-state index contributed by atoms with van der Waals surface area (Å²) >= 11 is 0. The van der Waals surface area contributed by atoms with E-state index in [4.69, 9.17) is 9.47 Å². The van der Waals surface area contributed by atoms with Crippen LogP contribution >= 0.6 is 0 Å². The summed E-state index contributed by atoms with van der Waals surface area (Å²) in [7, 11) is 0. The number of ether oxygens (including phenoxy) is 2. The molecule has 1 heterocycles. The maximum Gasteiger partial charge on any atom is 0.136 e. The van der Waals surface area contributed by atoms with Crippen molar-refractivity contribution in [2.24, 2.45) is 0 Å². The first kappa shape index (κ1) is 9.55. The van der Waals surface area contributed by atoms with E-state index in [9.17, 15) is 5.11 Å². The third-order valence-electron chi connectivity index (χ3n) is 1.90. The molecule has 0 spiro atoms. The number of aliphatic hydroxyl groups excluding tert-OH is 1. The van der Waals surface area contributed by atoms with Gasteiger partial charge in [0.1, 0.15) is 11.9 Å². The number of aliphatic hydroxyl groups is 1. The molecule has 0 fully saturated rings. The summed E-state index contributed by atoms with van der Waals surface area (Å²) in [5.41, 5.74) is 0. The Hall–Kier alpha value is -0.540. The second kappa shape index (κ2) is 4.48. The molecule has 0 aliphatic carbocycles. The van der Waals surface area contributed by atoms with Gasteiger partial charge in [0.2, 0.25) is 0 Å². The predicted octanol–water partition coefficient (Wildman–Crippen LogP) is 1.08. The van der Waals surface area contributed by atoms with Gasteiger partial charge in [0.05, 0.1) is 12.7 Å². The van der Waals surface area contributed by atoms with Gasteiger partial charge in [-0.1, -0.05) is 0 Å². The number of hydrogen-bond donors (Lipinski definition) is 1. The third-order valence-corrected chi connectivity index (χ3v) is 1.90. The van der Waals surface area contributed by atoms with Crippen molar-refractivity contribution in [2.45, 2.75) is 32.5 Å². The minimum Gasteiger partial charge on any atom is -0.495 e. The molecule has 0 aromatic rings. The largest absolute Gasteiger partial charge is 0.495 e. The SMILES string of the molecule is CCOC(C)C(O)C1=CCCO1. The van der Waals surface area contributed by atoms with E-state index in [1.165, 1.54) is 0 Å². The highest BCUT2D eigenvalue weighted by molar-refractivity contribution is 5.05. The predicted molar refractivity (Wildman–Crippen MR) is 45.7 cm³/mol. The second-order valence-corrected chi connectivity index (χ2v) is 2.85. The molecule has 12 heavy (non-hydrogen) atoms. The normalized spacial score (nSPS) is 21.4. The summed E-state index contributed by atoms with van der Waals surface area (Å²) in [6, 6.07) is 0. The van der Waals surface area contributed by atoms with Crippen LogP contribution < -0.4 is 0 Å². The zero-order chi connectivity index (χ0) is 8.97. The lowest BCUT2D eigenvalue weighted by Crippen LogP contribution is -2.28. The van der Waals surface area contributed by atoms with E-state index in [0.717, 1.165) is 6.42 Å². The van der Waals surface area contributed by atoms with E-state index in [-0.39, 0.29) is 6.10 Å². The van der Waals surface area contributed by atoms with Gasteiger partial charge in [-0.05, 0) is 19.9 Å². The van der Waals surface area contributed by atoms with Crippen LogP contribution in [-0.4, -0.2) is 30.5 Å². The van der Waals surface area contributed by atoms with Crippen LogP contribution in [-0.2, 0) is 9.47 Å². The molecule has 1 aliphatic rings. The van der Waals surface area contributed by atoms with Crippen LogP contribution in [0.15, 0.2) is 11.8 Å². The first-order chi connectivity index (χ1) is 5.75. The van der Waals surface area contributed by atoms with Crippen molar-refractivity contribution < 1.29 is 14.6 Å². The first-order valence-corrected chi connectivity index (χ1v) is 4.38. The van der Waals surface area contributed by atoms with Crippen LogP contribution in [0.5, 0.6) is 0 Å². The lowest BCUT2D eigenvalue weighted by atomic mass is 10.2. The van der Waals surface area contributed by atoms with Crippen molar-refractivity contribution in [2.75, 3.05) is 13.2 Å². The fraction of sp³-hybridized carbons (Fsp3) is 0.778. The van der Waals surface area contributed by atoms with Crippen LogP contribution in [0.1, 0.15) is 20.3 Å². The molecule has 3 heteroatoms. The Balaban J connectivity index is 2.39. The first-order valence-electron chi connectivity index (χ1n) is 4.38. The van der Waals surface area contributed by atoms with Crippen LogP contribution in [0.25, 0.3) is 0 Å². The van der Waals surface area contributed by atoms with Gasteiger partial charge < -0.3 is 14.6 Å². The molecule has 2 unspecified atom stereocenters. The summed E-state index contributed by atoms with van der Waals surface area (Å²) in [4.78, 5) is 0. The van der Waals surface area contributed by atoms with Gasteiger partial charge in [-0.25, -0.2) is 0 Å². The molecule has 0 aromatic heterocycles. The second-order valence-electron chi connectivity index (χ2n) is 2.85. The highest BCUT2D eigenvalue weighted by Crippen LogP contribution is 2.17. The van der Waals surface area contributed by atoms with Crippen LogP contribution in [0, 0.1) is 0 Å². The molecule has 0 saturated carbocycles. The van der Waals surface area contributed by atoms with Crippen molar-refractivity contribution in [1.82, 2.24) is 0 Å². The summed E-state index contributed by atoms with van der Waals surface area (Å²) in [5, 5.41) is 9.63. The molecule has 3 nitrogen and oxygen atoms in total. The lowest BCUT2D eigenvalue weighted by Gasteiger charge is -2.19. The van der Waals surface area contributed by atoms with Crippen molar-refractivity contribution in [1.29, 1.82) is 0 Å². The zero-order valence-corrected chi connectivity index (χ0v) is 7.62. The number of rotatable bonds is 4. The Morgan fingerprint density at radius 1 is 1.75 bits per heavy atom. The molecule has 1 N–H and O–H groups in total. The Bertz CT molecular complexity index is 165. The summed E-state index contributed by atoms with van der Waals surface area (Å²) in [6.07, 6.45) is 2.03. The van der Waals surface area contributed by atoms with Gasteiger partial charge in [0, 0.05) is 13.0 Å². The quantitative estimate of drug-likeness (QED) is 0.689. The fourth-order valence-electron chi connectivity index (χ4n) is 1.23. The van der Waals surface area contributed by atoms with Gasteiger partial charge in [-0.2, -0.15) is 0 Å². The molecule has 0 amide bonds. The Kier molecular flexibility index (Phi) is 3.56. The molecule has 0 aromatic carbocycles. The van der Waals surface area contributed by atoms with Crippen molar-refractivity contribution >= 4 is 0 Å². The minimum absolute atomic E-state index is 0.181.